The topological polar surface area (TPSA) is 121 Å². The Kier molecular flexibility index (Phi) is 3.21. The molecule has 0 aliphatic carbocycles. The fourth-order valence-electron chi connectivity index (χ4n) is 1.03. The smallest absolute Gasteiger partial charge is 0.366 e. The van der Waals surface area contributed by atoms with E-state index in [-0.39, 0.29) is 5.82 Å². The molecule has 8 heteroatoms. The molecular formula is C7H10N4O4. The molecule has 0 spiro atoms. The lowest BCUT2D eigenvalue weighted by Crippen LogP contribution is -2.26. The van der Waals surface area contributed by atoms with Gasteiger partial charge in [-0.2, -0.15) is 0 Å². The van der Waals surface area contributed by atoms with Gasteiger partial charge in [0.2, 0.25) is 0 Å². The highest BCUT2D eigenvalue weighted by Crippen LogP contribution is 2.13. The summed E-state index contributed by atoms with van der Waals surface area (Å²) in [6, 6.07) is 0. The van der Waals surface area contributed by atoms with Crippen molar-refractivity contribution in [2.75, 3.05) is 11.9 Å². The summed E-state index contributed by atoms with van der Waals surface area (Å²) in [5.41, 5.74) is -2.46. The first-order valence-corrected chi connectivity index (χ1v) is 4.31. The minimum atomic E-state index is -1.01. The Morgan fingerprint density at radius 2 is 2.07 bits per heavy atom. The van der Waals surface area contributed by atoms with Gasteiger partial charge in [-0.25, -0.2) is 4.79 Å². The second-order valence-electron chi connectivity index (χ2n) is 2.82. The zero-order chi connectivity index (χ0) is 11.4. The van der Waals surface area contributed by atoms with E-state index in [2.05, 4.69) is 10.3 Å². The molecule has 0 aromatic carbocycles. The van der Waals surface area contributed by atoms with Gasteiger partial charge >= 0.3 is 16.9 Å². The van der Waals surface area contributed by atoms with E-state index in [1.54, 1.807) is 4.98 Å². The number of anilines is 1. The molecule has 0 saturated carbocycles. The number of nitrogens with one attached hydrogen (secondary N) is 3. The molecule has 8 nitrogen and oxygen atoms in total. The molecule has 0 amide bonds. The summed E-state index contributed by atoms with van der Waals surface area (Å²) >= 11 is 0. The van der Waals surface area contributed by atoms with E-state index in [0.29, 0.717) is 13.0 Å². The monoisotopic (exact) mass is 214 g/mol. The molecule has 0 atom stereocenters. The van der Waals surface area contributed by atoms with Crippen molar-refractivity contribution in [1.82, 2.24) is 9.97 Å². The molecule has 3 N–H and O–H groups in total. The van der Waals surface area contributed by atoms with Crippen LogP contribution >= 0.6 is 0 Å². The third-order valence-corrected chi connectivity index (χ3v) is 1.65. The van der Waals surface area contributed by atoms with E-state index < -0.39 is 21.9 Å². The van der Waals surface area contributed by atoms with Crippen LogP contribution in [0.4, 0.5) is 11.5 Å². The molecule has 0 aliphatic heterocycles. The third kappa shape index (κ3) is 2.42. The van der Waals surface area contributed by atoms with Gasteiger partial charge in [-0.3, -0.25) is 24.9 Å². The molecule has 82 valence electrons. The normalized spacial score (nSPS) is 9.93. The second-order valence-corrected chi connectivity index (χ2v) is 2.82. The first-order valence-electron chi connectivity index (χ1n) is 4.31. The third-order valence-electron chi connectivity index (χ3n) is 1.65. The lowest BCUT2D eigenvalue weighted by Gasteiger charge is -2.03. The van der Waals surface area contributed by atoms with Gasteiger partial charge in [0, 0.05) is 6.54 Å². The largest absolute Gasteiger partial charge is 0.373 e. The number of hydrogen-bond donors (Lipinski definition) is 3. The molecule has 0 saturated heterocycles. The Balaban J connectivity index is 3.27. The molecule has 1 rings (SSSR count). The van der Waals surface area contributed by atoms with E-state index in [9.17, 15) is 19.7 Å². The quantitative estimate of drug-likeness (QED) is 0.473. The summed E-state index contributed by atoms with van der Waals surface area (Å²) < 4.78 is 0. The molecular weight excluding hydrogens is 204 g/mol. The number of aromatic nitrogens is 2. The number of aromatic amines is 2. The van der Waals surface area contributed by atoms with E-state index in [1.165, 1.54) is 0 Å². The number of hydrogen-bond acceptors (Lipinski definition) is 5. The lowest BCUT2D eigenvalue weighted by atomic mass is 10.4. The minimum absolute atomic E-state index is 0.157. The molecule has 15 heavy (non-hydrogen) atoms. The fourth-order valence-corrected chi connectivity index (χ4v) is 1.03. The van der Waals surface area contributed by atoms with Crippen molar-refractivity contribution in [3.05, 3.63) is 31.0 Å². The highest BCUT2D eigenvalue weighted by Gasteiger charge is 2.20. The summed E-state index contributed by atoms with van der Waals surface area (Å²) in [6.45, 7) is 2.28. The predicted molar refractivity (Wildman–Crippen MR) is 53.1 cm³/mol. The Hall–Kier alpha value is -2.12. The van der Waals surface area contributed by atoms with Gasteiger partial charge in [-0.1, -0.05) is 6.92 Å². The van der Waals surface area contributed by atoms with Crippen LogP contribution in [0.25, 0.3) is 0 Å². The van der Waals surface area contributed by atoms with Crippen molar-refractivity contribution in [3.8, 4) is 0 Å². The molecule has 0 bridgehead atoms. The highest BCUT2D eigenvalue weighted by atomic mass is 16.6. The van der Waals surface area contributed by atoms with Crippen LogP contribution in [-0.4, -0.2) is 21.4 Å². The van der Waals surface area contributed by atoms with Crippen molar-refractivity contribution in [1.29, 1.82) is 0 Å². The van der Waals surface area contributed by atoms with Gasteiger partial charge in [0.1, 0.15) is 0 Å². The standard InChI is InChI=1S/C7H10N4O4/c1-2-3-8-5-4(11(14)15)6(12)10-7(13)9-5/h2-3H2,1H3,(H3,8,9,10,12,13). The molecule has 1 heterocycles. The first-order chi connectivity index (χ1) is 7.06. The summed E-state index contributed by atoms with van der Waals surface area (Å²) in [5, 5.41) is 13.1. The van der Waals surface area contributed by atoms with Crippen LogP contribution in [0.3, 0.4) is 0 Å². The number of nitro groups is 1. The number of rotatable bonds is 4. The van der Waals surface area contributed by atoms with Crippen LogP contribution in [0, 0.1) is 10.1 Å². The van der Waals surface area contributed by atoms with Crippen LogP contribution in [-0.2, 0) is 0 Å². The predicted octanol–water partition coefficient (Wildman–Crippen LogP) is -0.207. The fraction of sp³-hybridized carbons (Fsp3) is 0.429. The average molecular weight is 214 g/mol. The maximum Gasteiger partial charge on any atom is 0.373 e. The van der Waals surface area contributed by atoms with Crippen molar-refractivity contribution in [2.45, 2.75) is 13.3 Å². The lowest BCUT2D eigenvalue weighted by molar-refractivity contribution is -0.385. The maximum absolute atomic E-state index is 11.1. The maximum atomic E-state index is 11.1. The van der Waals surface area contributed by atoms with Gasteiger partial charge < -0.3 is 5.32 Å². The van der Waals surface area contributed by atoms with Crippen molar-refractivity contribution in [2.24, 2.45) is 0 Å². The molecule has 0 unspecified atom stereocenters. The van der Waals surface area contributed by atoms with Gasteiger partial charge in [-0.05, 0) is 6.42 Å². The zero-order valence-electron chi connectivity index (χ0n) is 7.99. The van der Waals surface area contributed by atoms with E-state index in [1.807, 2.05) is 6.92 Å². The summed E-state index contributed by atoms with van der Waals surface area (Å²) in [7, 11) is 0. The van der Waals surface area contributed by atoms with Crippen molar-refractivity contribution >= 4 is 11.5 Å². The highest BCUT2D eigenvalue weighted by molar-refractivity contribution is 5.53. The average Bonchev–Trinajstić information content (AvgIpc) is 2.12. The van der Waals surface area contributed by atoms with Crippen molar-refractivity contribution in [3.63, 3.8) is 0 Å². The zero-order valence-corrected chi connectivity index (χ0v) is 7.99. The Labute approximate surface area is 83.5 Å². The van der Waals surface area contributed by atoms with E-state index in [4.69, 9.17) is 0 Å². The molecule has 1 aromatic rings. The molecule has 0 fully saturated rings. The summed E-state index contributed by atoms with van der Waals surface area (Å²) in [6.07, 6.45) is 0.714. The Morgan fingerprint density at radius 3 is 2.60 bits per heavy atom. The number of nitrogens with zero attached hydrogens (tertiary/aromatic N) is 1. The number of H-pyrrole nitrogens is 2. The van der Waals surface area contributed by atoms with E-state index in [0.717, 1.165) is 0 Å². The summed E-state index contributed by atoms with van der Waals surface area (Å²) in [5.74, 6) is -0.157. The first kappa shape index (κ1) is 11.0. The molecule has 0 aliphatic rings. The SMILES string of the molecule is CCCNc1[nH]c(=O)[nH]c(=O)c1[N+](=O)[O-]. The minimum Gasteiger partial charge on any atom is -0.366 e. The molecule has 1 aromatic heterocycles. The van der Waals surface area contributed by atoms with E-state index >= 15 is 0 Å². The van der Waals surface area contributed by atoms with Crippen LogP contribution < -0.4 is 16.6 Å². The van der Waals surface area contributed by atoms with Crippen LogP contribution in [0.5, 0.6) is 0 Å². The van der Waals surface area contributed by atoms with Gasteiger partial charge in [0.05, 0.1) is 4.92 Å². The van der Waals surface area contributed by atoms with Crippen LogP contribution in [0.2, 0.25) is 0 Å². The van der Waals surface area contributed by atoms with Gasteiger partial charge in [-0.15, -0.1) is 0 Å². The molecule has 0 radical (unpaired) electrons. The van der Waals surface area contributed by atoms with Crippen LogP contribution in [0.1, 0.15) is 13.3 Å². The van der Waals surface area contributed by atoms with Gasteiger partial charge in [0.25, 0.3) is 0 Å². The van der Waals surface area contributed by atoms with Crippen LogP contribution in [0.15, 0.2) is 9.59 Å². The summed E-state index contributed by atoms with van der Waals surface area (Å²) in [4.78, 5) is 35.6. The van der Waals surface area contributed by atoms with Gasteiger partial charge in [0.15, 0.2) is 5.82 Å². The van der Waals surface area contributed by atoms with Crippen molar-refractivity contribution < 1.29 is 4.92 Å². The Bertz CT molecular complexity index is 475. The second kappa shape index (κ2) is 4.40. The Morgan fingerprint density at radius 1 is 1.40 bits per heavy atom.